The van der Waals surface area contributed by atoms with Crippen molar-refractivity contribution in [2.75, 3.05) is 18.9 Å². The van der Waals surface area contributed by atoms with Crippen LogP contribution in [-0.2, 0) is 33.5 Å². The summed E-state index contributed by atoms with van der Waals surface area (Å²) >= 11 is 3.99. The first kappa shape index (κ1) is 42.1. The first-order chi connectivity index (χ1) is 21.5. The van der Waals surface area contributed by atoms with Gasteiger partial charge >= 0.3 is 17.9 Å². The Hall–Kier alpha value is -2.87. The number of unbranched alkanes of at least 4 members (excludes halogenated alkanes) is 14. The molecule has 7 N–H and O–H groups in total. The van der Waals surface area contributed by atoms with E-state index in [-0.39, 0.29) is 25.0 Å². The minimum absolute atomic E-state index is 0.107. The van der Waals surface area contributed by atoms with Crippen molar-refractivity contribution in [1.82, 2.24) is 16.0 Å². The first-order valence-electron chi connectivity index (χ1n) is 16.4. The van der Waals surface area contributed by atoms with Gasteiger partial charge in [-0.3, -0.25) is 24.0 Å². The molecule has 0 rings (SSSR count). The second-order valence-corrected chi connectivity index (χ2v) is 11.7. The maximum absolute atomic E-state index is 12.3. The van der Waals surface area contributed by atoms with E-state index in [2.05, 4.69) is 35.5 Å². The molecule has 0 aromatic heterocycles. The second kappa shape index (κ2) is 27.4. The van der Waals surface area contributed by atoms with Crippen molar-refractivity contribution < 1.29 is 43.7 Å². The van der Waals surface area contributed by atoms with Crippen LogP contribution in [0.25, 0.3) is 0 Å². The summed E-state index contributed by atoms with van der Waals surface area (Å²) in [6.07, 6.45) is 17.8. The Morgan fingerprint density at radius 2 is 1.16 bits per heavy atom. The lowest BCUT2D eigenvalue weighted by Crippen LogP contribution is -2.49. The summed E-state index contributed by atoms with van der Waals surface area (Å²) in [5, 5.41) is 25.1. The molecule has 0 aliphatic rings. The van der Waals surface area contributed by atoms with Gasteiger partial charge in [0.05, 0.1) is 0 Å². The van der Waals surface area contributed by atoms with E-state index in [1.165, 1.54) is 70.6 Å². The molecule has 0 fully saturated rings. The van der Waals surface area contributed by atoms with Crippen LogP contribution in [0.2, 0.25) is 0 Å². The summed E-state index contributed by atoms with van der Waals surface area (Å²) in [5.74, 6) is -5.48. The number of ether oxygens (including phenoxy) is 1. The van der Waals surface area contributed by atoms with E-state index in [1.807, 2.05) is 0 Å². The van der Waals surface area contributed by atoms with Gasteiger partial charge in [-0.15, -0.1) is 0 Å². The molecule has 0 heterocycles. The lowest BCUT2D eigenvalue weighted by atomic mass is 10.0. The summed E-state index contributed by atoms with van der Waals surface area (Å²) in [7, 11) is 0. The molecule has 0 spiro atoms. The third-order valence-electron chi connectivity index (χ3n) is 7.29. The SMILES string of the molecule is CCCCCCCCCCCCCCCCCC(=O)N[C@@H](COC(=O)CNC(=O)C(CS)NC(=O)CCC(N)C(=O)O)C(=O)O. The van der Waals surface area contributed by atoms with Gasteiger partial charge in [0.1, 0.15) is 25.2 Å². The number of rotatable bonds is 29. The molecular formula is C31H56N4O9S. The molecule has 0 radical (unpaired) electrons. The van der Waals surface area contributed by atoms with Crippen molar-refractivity contribution >= 4 is 48.3 Å². The Balaban J connectivity index is 4.09. The number of carbonyl (C=O) groups is 6. The maximum Gasteiger partial charge on any atom is 0.329 e. The van der Waals surface area contributed by atoms with Crippen LogP contribution < -0.4 is 21.7 Å². The number of nitrogens with two attached hydrogens (primary N) is 1. The predicted octanol–water partition coefficient (Wildman–Crippen LogP) is 3.08. The number of carboxylic acids is 2. The van der Waals surface area contributed by atoms with E-state index < -0.39 is 66.9 Å². The van der Waals surface area contributed by atoms with Crippen molar-refractivity contribution in [2.24, 2.45) is 5.73 Å². The van der Waals surface area contributed by atoms with Crippen LogP contribution >= 0.6 is 12.6 Å². The highest BCUT2D eigenvalue weighted by molar-refractivity contribution is 7.80. The zero-order valence-electron chi connectivity index (χ0n) is 26.9. The number of hydrogen-bond acceptors (Lipinski definition) is 9. The molecule has 0 bridgehead atoms. The lowest BCUT2D eigenvalue weighted by Gasteiger charge is -2.17. The fraction of sp³-hybridized carbons (Fsp3) is 0.806. The fourth-order valence-electron chi connectivity index (χ4n) is 4.48. The summed E-state index contributed by atoms with van der Waals surface area (Å²) < 4.78 is 4.90. The van der Waals surface area contributed by atoms with Gasteiger partial charge in [-0.25, -0.2) is 4.79 Å². The molecule has 2 unspecified atom stereocenters. The number of nitrogens with one attached hydrogen (secondary N) is 3. The molecule has 0 saturated carbocycles. The standard InChI is InChI=1S/C31H56N4O9S/c1-2-3-4-5-6-7-8-9-10-11-12-13-14-15-16-17-26(36)34-24(31(42)43)21-44-28(38)20-33-29(39)25(22-45)35-27(37)19-18-23(32)30(40)41/h23-25,45H,2-22,32H2,1H3,(H,33,39)(H,34,36)(H,35,37)(H,40,41)(H,42,43)/t23?,24-,25?/m0/s1. The van der Waals surface area contributed by atoms with Crippen LogP contribution in [0.1, 0.15) is 122 Å². The largest absolute Gasteiger partial charge is 0.480 e. The Morgan fingerprint density at radius 3 is 1.62 bits per heavy atom. The van der Waals surface area contributed by atoms with Gasteiger partial charge in [-0.2, -0.15) is 12.6 Å². The van der Waals surface area contributed by atoms with E-state index >= 15 is 0 Å². The maximum atomic E-state index is 12.3. The van der Waals surface area contributed by atoms with Crippen molar-refractivity contribution in [2.45, 2.75) is 141 Å². The topological polar surface area (TPSA) is 214 Å². The number of aliphatic carboxylic acids is 2. The molecule has 0 saturated heterocycles. The Labute approximate surface area is 273 Å². The van der Waals surface area contributed by atoms with Crippen molar-refractivity contribution in [3.05, 3.63) is 0 Å². The number of esters is 1. The normalized spacial score (nSPS) is 12.9. The summed E-state index contributed by atoms with van der Waals surface area (Å²) in [6.45, 7) is 1.01. The Kier molecular flexibility index (Phi) is 25.7. The molecule has 0 aromatic carbocycles. The van der Waals surface area contributed by atoms with Crippen LogP contribution in [0.3, 0.4) is 0 Å². The smallest absolute Gasteiger partial charge is 0.329 e. The van der Waals surface area contributed by atoms with Gasteiger partial charge in [-0.1, -0.05) is 96.8 Å². The highest BCUT2D eigenvalue weighted by Crippen LogP contribution is 2.13. The fourth-order valence-corrected chi connectivity index (χ4v) is 4.74. The molecule has 45 heavy (non-hydrogen) atoms. The van der Waals surface area contributed by atoms with Gasteiger partial charge < -0.3 is 36.6 Å². The van der Waals surface area contributed by atoms with Crippen molar-refractivity contribution in [3.8, 4) is 0 Å². The van der Waals surface area contributed by atoms with Crippen LogP contribution in [-0.4, -0.2) is 82.9 Å². The number of amides is 3. The molecule has 3 amide bonds. The van der Waals surface area contributed by atoms with Crippen LogP contribution in [0.5, 0.6) is 0 Å². The average molecular weight is 661 g/mol. The number of carbonyl (C=O) groups excluding carboxylic acids is 4. The first-order valence-corrected chi connectivity index (χ1v) is 17.0. The number of hydrogen-bond donors (Lipinski definition) is 7. The molecule has 0 aliphatic heterocycles. The van der Waals surface area contributed by atoms with Gasteiger partial charge in [-0.05, 0) is 12.8 Å². The predicted molar refractivity (Wildman–Crippen MR) is 174 cm³/mol. The van der Waals surface area contributed by atoms with Crippen LogP contribution in [0.15, 0.2) is 0 Å². The quantitative estimate of drug-likeness (QED) is 0.0354. The zero-order valence-corrected chi connectivity index (χ0v) is 27.8. The van der Waals surface area contributed by atoms with E-state index in [1.54, 1.807) is 0 Å². The van der Waals surface area contributed by atoms with E-state index in [0.29, 0.717) is 6.42 Å². The average Bonchev–Trinajstić information content (AvgIpc) is 3.00. The van der Waals surface area contributed by atoms with Crippen molar-refractivity contribution in [3.63, 3.8) is 0 Å². The molecule has 0 aromatic rings. The third kappa shape index (κ3) is 24.1. The highest BCUT2D eigenvalue weighted by atomic mass is 32.1. The van der Waals surface area contributed by atoms with E-state index in [9.17, 15) is 33.9 Å². The van der Waals surface area contributed by atoms with Crippen molar-refractivity contribution in [1.29, 1.82) is 0 Å². The van der Waals surface area contributed by atoms with Gasteiger partial charge in [0.25, 0.3) is 0 Å². The summed E-state index contributed by atoms with van der Waals surface area (Å²) in [4.78, 5) is 70.8. The zero-order chi connectivity index (χ0) is 33.9. The molecule has 260 valence electrons. The van der Waals surface area contributed by atoms with Gasteiger partial charge in [0.2, 0.25) is 17.7 Å². The molecule has 3 atom stereocenters. The molecule has 13 nitrogen and oxygen atoms in total. The summed E-state index contributed by atoms with van der Waals surface area (Å²) in [6, 6.07) is -3.77. The highest BCUT2D eigenvalue weighted by Gasteiger charge is 2.24. The minimum atomic E-state index is -1.44. The van der Waals surface area contributed by atoms with Crippen LogP contribution in [0.4, 0.5) is 0 Å². The summed E-state index contributed by atoms with van der Waals surface area (Å²) in [5.41, 5.74) is 5.35. The van der Waals surface area contributed by atoms with E-state index in [0.717, 1.165) is 19.3 Å². The van der Waals surface area contributed by atoms with Gasteiger partial charge in [0.15, 0.2) is 6.04 Å². The number of thiol groups is 1. The lowest BCUT2D eigenvalue weighted by molar-refractivity contribution is -0.150. The monoisotopic (exact) mass is 660 g/mol. The minimum Gasteiger partial charge on any atom is -0.480 e. The molecule has 14 heteroatoms. The van der Waals surface area contributed by atoms with E-state index in [4.69, 9.17) is 15.6 Å². The Morgan fingerprint density at radius 1 is 0.689 bits per heavy atom. The third-order valence-corrected chi connectivity index (χ3v) is 7.66. The van der Waals surface area contributed by atoms with Crippen LogP contribution in [0, 0.1) is 0 Å². The van der Waals surface area contributed by atoms with Gasteiger partial charge in [0, 0.05) is 18.6 Å². The molecular weight excluding hydrogens is 604 g/mol. The molecule has 0 aliphatic carbocycles. The Bertz CT molecular complexity index is 891. The number of carboxylic acid groups (broad SMARTS) is 2. The second-order valence-electron chi connectivity index (χ2n) is 11.3.